The first-order chi connectivity index (χ1) is 9.10. The van der Waals surface area contributed by atoms with Crippen molar-refractivity contribution in [3.8, 4) is 0 Å². The zero-order valence-electron chi connectivity index (χ0n) is 13.2. The summed E-state index contributed by atoms with van der Waals surface area (Å²) in [7, 11) is -1.21. The van der Waals surface area contributed by atoms with Gasteiger partial charge in [0.15, 0.2) is 0 Å². The summed E-state index contributed by atoms with van der Waals surface area (Å²) in [6.45, 7) is 11.5. The van der Waals surface area contributed by atoms with Gasteiger partial charge in [-0.25, -0.2) is 0 Å². The number of rotatable bonds is 4. The molecule has 0 aliphatic heterocycles. The quantitative estimate of drug-likeness (QED) is 0.928. The lowest BCUT2D eigenvalue weighted by atomic mass is 10.1. The monoisotopic (exact) mass is 295 g/mol. The van der Waals surface area contributed by atoms with E-state index in [1.807, 2.05) is 52.8 Å². The van der Waals surface area contributed by atoms with E-state index in [0.29, 0.717) is 5.75 Å². The van der Waals surface area contributed by atoms with E-state index in [4.69, 9.17) is 0 Å². The van der Waals surface area contributed by atoms with Crippen molar-refractivity contribution in [3.63, 3.8) is 0 Å². The topological polar surface area (TPSA) is 46.2 Å². The Kier molecular flexibility index (Phi) is 5.51. The van der Waals surface area contributed by atoms with Crippen LogP contribution in [0.15, 0.2) is 18.2 Å². The summed E-state index contributed by atoms with van der Waals surface area (Å²) in [6.07, 6.45) is 0. The fraction of sp³-hybridized carbons (Fsp3) is 0.562. The van der Waals surface area contributed by atoms with Gasteiger partial charge in [-0.1, -0.05) is 23.8 Å². The van der Waals surface area contributed by atoms with E-state index in [1.165, 1.54) is 0 Å². The van der Waals surface area contributed by atoms with Crippen LogP contribution in [0, 0.1) is 13.8 Å². The zero-order chi connectivity index (χ0) is 15.5. The average Bonchev–Trinajstić information content (AvgIpc) is 2.30. The molecular weight excluding hydrogens is 270 g/mol. The van der Waals surface area contributed by atoms with E-state index >= 15 is 0 Å². The van der Waals surface area contributed by atoms with Gasteiger partial charge in [-0.2, -0.15) is 0 Å². The highest BCUT2D eigenvalue weighted by atomic mass is 32.2. The van der Waals surface area contributed by atoms with Gasteiger partial charge >= 0.3 is 0 Å². The molecular formula is C16H25NO2S. The van der Waals surface area contributed by atoms with Crippen molar-refractivity contribution in [2.24, 2.45) is 0 Å². The van der Waals surface area contributed by atoms with Crippen LogP contribution in [0.2, 0.25) is 0 Å². The third-order valence-electron chi connectivity index (χ3n) is 3.06. The van der Waals surface area contributed by atoms with Gasteiger partial charge in [0.2, 0.25) is 5.91 Å². The van der Waals surface area contributed by atoms with Gasteiger partial charge in [-0.05, 0) is 52.7 Å². The Morgan fingerprint density at radius 2 is 1.90 bits per heavy atom. The molecule has 0 bridgehead atoms. The maximum absolute atomic E-state index is 12.4. The Bertz CT molecular complexity index is 518. The van der Waals surface area contributed by atoms with Crippen LogP contribution in [0.4, 0.5) is 0 Å². The summed E-state index contributed by atoms with van der Waals surface area (Å²) in [6, 6.07) is 6.11. The number of carbonyl (C=O) groups excluding carboxylic acids is 1. The summed E-state index contributed by atoms with van der Waals surface area (Å²) >= 11 is 0. The van der Waals surface area contributed by atoms with Crippen LogP contribution in [0.1, 0.15) is 44.4 Å². The summed E-state index contributed by atoms with van der Waals surface area (Å²) in [5.41, 5.74) is 3.02. The van der Waals surface area contributed by atoms with E-state index < -0.39 is 16.0 Å². The largest absolute Gasteiger partial charge is 0.350 e. The van der Waals surface area contributed by atoms with Gasteiger partial charge < -0.3 is 5.32 Å². The molecule has 1 rings (SSSR count). The molecule has 1 N–H and O–H groups in total. The van der Waals surface area contributed by atoms with Gasteiger partial charge in [0.25, 0.3) is 0 Å². The highest BCUT2D eigenvalue weighted by Gasteiger charge is 2.24. The third-order valence-corrected chi connectivity index (χ3v) is 4.66. The highest BCUT2D eigenvalue weighted by molar-refractivity contribution is 7.85. The van der Waals surface area contributed by atoms with Crippen LogP contribution >= 0.6 is 0 Å². The fourth-order valence-corrected chi connectivity index (χ4v) is 2.99. The van der Waals surface area contributed by atoms with Crippen molar-refractivity contribution in [2.75, 3.05) is 0 Å². The Balaban J connectivity index is 2.75. The predicted octanol–water partition coefficient (Wildman–Crippen LogP) is 2.86. The summed E-state index contributed by atoms with van der Waals surface area (Å²) in [5, 5.41) is 2.37. The molecule has 0 saturated heterocycles. The standard InChI is InChI=1S/C16H25NO2S/c1-11-7-8-12(2)14(9-11)10-20(19)13(3)15(18)17-16(4,5)6/h7-9,13H,10H2,1-6H3,(H,17,18)/t13-,20+/m0/s1. The van der Waals surface area contributed by atoms with Crippen molar-refractivity contribution < 1.29 is 9.00 Å². The van der Waals surface area contributed by atoms with E-state index in [9.17, 15) is 9.00 Å². The maximum Gasteiger partial charge on any atom is 0.235 e. The first-order valence-electron chi connectivity index (χ1n) is 6.85. The van der Waals surface area contributed by atoms with E-state index in [2.05, 4.69) is 5.32 Å². The first-order valence-corrected chi connectivity index (χ1v) is 8.23. The van der Waals surface area contributed by atoms with Crippen molar-refractivity contribution in [3.05, 3.63) is 34.9 Å². The number of hydrogen-bond acceptors (Lipinski definition) is 2. The molecule has 0 unspecified atom stereocenters. The number of aryl methyl sites for hydroxylation is 2. The smallest absolute Gasteiger partial charge is 0.235 e. The Morgan fingerprint density at radius 1 is 1.30 bits per heavy atom. The summed E-state index contributed by atoms with van der Waals surface area (Å²) in [4.78, 5) is 12.0. The minimum atomic E-state index is -1.21. The molecule has 0 spiro atoms. The number of benzene rings is 1. The molecule has 1 aromatic rings. The van der Waals surface area contributed by atoms with Crippen LogP contribution in [-0.2, 0) is 21.3 Å². The van der Waals surface area contributed by atoms with Gasteiger partial charge in [0.05, 0.1) is 0 Å². The second-order valence-corrected chi connectivity index (χ2v) is 8.09. The summed E-state index contributed by atoms with van der Waals surface area (Å²) < 4.78 is 12.4. The second-order valence-electron chi connectivity index (χ2n) is 6.34. The molecule has 0 saturated carbocycles. The van der Waals surface area contributed by atoms with Crippen molar-refractivity contribution >= 4 is 16.7 Å². The highest BCUT2D eigenvalue weighted by Crippen LogP contribution is 2.15. The number of nitrogens with one attached hydrogen (secondary N) is 1. The predicted molar refractivity (Wildman–Crippen MR) is 85.1 cm³/mol. The van der Waals surface area contributed by atoms with Crippen LogP contribution in [0.25, 0.3) is 0 Å². The lowest BCUT2D eigenvalue weighted by molar-refractivity contribution is -0.121. The van der Waals surface area contributed by atoms with Gasteiger partial charge in [-0.15, -0.1) is 0 Å². The van der Waals surface area contributed by atoms with Gasteiger partial charge in [0.1, 0.15) is 5.25 Å². The Hall–Kier alpha value is -1.16. The molecule has 4 heteroatoms. The SMILES string of the molecule is Cc1ccc(C)c(C[S@@](=O)[C@@H](C)C(=O)NC(C)(C)C)c1. The minimum absolute atomic E-state index is 0.152. The number of amides is 1. The fourth-order valence-electron chi connectivity index (χ4n) is 1.82. The van der Waals surface area contributed by atoms with Crippen molar-refractivity contribution in [1.82, 2.24) is 5.32 Å². The van der Waals surface area contributed by atoms with Crippen LogP contribution in [0.5, 0.6) is 0 Å². The molecule has 0 aliphatic carbocycles. The molecule has 1 aromatic carbocycles. The van der Waals surface area contributed by atoms with E-state index in [-0.39, 0.29) is 11.4 Å². The van der Waals surface area contributed by atoms with E-state index in [0.717, 1.165) is 16.7 Å². The van der Waals surface area contributed by atoms with Crippen LogP contribution in [0.3, 0.4) is 0 Å². The van der Waals surface area contributed by atoms with Gasteiger partial charge in [-0.3, -0.25) is 9.00 Å². The van der Waals surface area contributed by atoms with Gasteiger partial charge in [0, 0.05) is 22.1 Å². The average molecular weight is 295 g/mol. The van der Waals surface area contributed by atoms with E-state index in [1.54, 1.807) is 6.92 Å². The molecule has 0 heterocycles. The van der Waals surface area contributed by atoms with Crippen molar-refractivity contribution in [2.45, 2.75) is 58.1 Å². The lowest BCUT2D eigenvalue weighted by Crippen LogP contribution is -2.46. The molecule has 1 amide bonds. The minimum Gasteiger partial charge on any atom is -0.350 e. The Labute approximate surface area is 124 Å². The third kappa shape index (κ3) is 5.08. The molecule has 0 fully saturated rings. The molecule has 0 aliphatic rings. The van der Waals surface area contributed by atoms with Crippen molar-refractivity contribution in [1.29, 1.82) is 0 Å². The molecule has 2 atom stereocenters. The number of hydrogen-bond donors (Lipinski definition) is 1. The van der Waals surface area contributed by atoms with Crippen LogP contribution < -0.4 is 5.32 Å². The Morgan fingerprint density at radius 3 is 2.45 bits per heavy atom. The molecule has 112 valence electrons. The molecule has 20 heavy (non-hydrogen) atoms. The lowest BCUT2D eigenvalue weighted by Gasteiger charge is -2.23. The normalized spacial score (nSPS) is 14.7. The van der Waals surface area contributed by atoms with Crippen LogP contribution in [-0.4, -0.2) is 20.9 Å². The maximum atomic E-state index is 12.4. The first kappa shape index (κ1) is 16.9. The zero-order valence-corrected chi connectivity index (χ0v) is 14.1. The molecule has 0 aromatic heterocycles. The summed E-state index contributed by atoms with van der Waals surface area (Å²) in [5.74, 6) is 0.271. The second kappa shape index (κ2) is 6.53. The number of carbonyl (C=O) groups is 1. The molecule has 0 radical (unpaired) electrons. The molecule has 3 nitrogen and oxygen atoms in total.